The van der Waals surface area contributed by atoms with Gasteiger partial charge in [-0.1, -0.05) is 29.8 Å². The second-order valence-corrected chi connectivity index (χ2v) is 6.58. The summed E-state index contributed by atoms with van der Waals surface area (Å²) in [6.45, 7) is 5.31. The number of hydrogen-bond donors (Lipinski definition) is 2. The van der Waals surface area contributed by atoms with E-state index in [2.05, 4.69) is 9.89 Å². The molecular weight excluding hydrogens is 331 g/mol. The Balaban J connectivity index is 1.53. The van der Waals surface area contributed by atoms with Gasteiger partial charge in [0.05, 0.1) is 12.6 Å². The zero-order valence-electron chi connectivity index (χ0n) is 15.0. The average Bonchev–Trinajstić information content (AvgIpc) is 2.66. The number of aliphatic imine (C=N–C) groups is 1. The molecule has 0 radical (unpaired) electrons. The van der Waals surface area contributed by atoms with Crippen molar-refractivity contribution in [2.45, 2.75) is 13.0 Å². The number of hydrogen-bond acceptors (Lipinski definition) is 3. The Morgan fingerprint density at radius 1 is 1.15 bits per heavy atom. The largest absolute Gasteiger partial charge is 0.386 e. The van der Waals surface area contributed by atoms with Crippen molar-refractivity contribution in [3.63, 3.8) is 0 Å². The van der Waals surface area contributed by atoms with Crippen LogP contribution in [-0.2, 0) is 0 Å². The number of benzene rings is 2. The van der Waals surface area contributed by atoms with E-state index >= 15 is 0 Å². The quantitative estimate of drug-likeness (QED) is 0.652. The fourth-order valence-corrected chi connectivity index (χ4v) is 3.11. The molecule has 0 aromatic heterocycles. The van der Waals surface area contributed by atoms with Crippen molar-refractivity contribution in [3.8, 4) is 0 Å². The Labute approximate surface area is 153 Å². The van der Waals surface area contributed by atoms with Gasteiger partial charge in [0.2, 0.25) is 0 Å². The zero-order valence-corrected chi connectivity index (χ0v) is 15.0. The number of halogens is 1. The van der Waals surface area contributed by atoms with E-state index in [4.69, 9.17) is 5.73 Å². The van der Waals surface area contributed by atoms with E-state index in [1.807, 2.05) is 36.1 Å². The second kappa shape index (κ2) is 8.19. The standard InChI is InChI=1S/C20H25FN4O/c1-15-3-2-4-16(13-15)19(26)14-23-20(22)25-11-9-24(10-12-25)18-7-5-17(21)6-8-18/h2-8,13,19,26H,9-12,14H2,1H3,(H2,22,23). The first-order valence-corrected chi connectivity index (χ1v) is 8.83. The van der Waals surface area contributed by atoms with Gasteiger partial charge < -0.3 is 20.6 Å². The highest BCUT2D eigenvalue weighted by molar-refractivity contribution is 5.78. The number of piperazine rings is 1. The smallest absolute Gasteiger partial charge is 0.191 e. The maximum atomic E-state index is 13.0. The Bertz CT molecular complexity index is 755. The van der Waals surface area contributed by atoms with Crippen LogP contribution in [-0.4, -0.2) is 48.7 Å². The minimum Gasteiger partial charge on any atom is -0.386 e. The molecule has 0 bridgehead atoms. The highest BCUT2D eigenvalue weighted by Crippen LogP contribution is 2.17. The van der Waals surface area contributed by atoms with Crippen molar-refractivity contribution in [2.24, 2.45) is 10.7 Å². The molecule has 2 aromatic rings. The predicted octanol–water partition coefficient (Wildman–Crippen LogP) is 2.30. The van der Waals surface area contributed by atoms with Crippen LogP contribution in [0, 0.1) is 12.7 Å². The van der Waals surface area contributed by atoms with Crippen LogP contribution < -0.4 is 10.6 Å². The van der Waals surface area contributed by atoms with Crippen LogP contribution in [0.2, 0.25) is 0 Å². The molecule has 2 aromatic carbocycles. The highest BCUT2D eigenvalue weighted by atomic mass is 19.1. The lowest BCUT2D eigenvalue weighted by molar-refractivity contribution is 0.186. The topological polar surface area (TPSA) is 65.1 Å². The Morgan fingerprint density at radius 2 is 1.85 bits per heavy atom. The molecule has 1 aliphatic heterocycles. The van der Waals surface area contributed by atoms with Gasteiger partial charge in [-0.3, -0.25) is 4.99 Å². The molecule has 26 heavy (non-hydrogen) atoms. The number of rotatable bonds is 4. The fraction of sp³-hybridized carbons (Fsp3) is 0.350. The Hall–Kier alpha value is -2.60. The van der Waals surface area contributed by atoms with E-state index in [0.717, 1.165) is 43.0 Å². The van der Waals surface area contributed by atoms with E-state index in [9.17, 15) is 9.50 Å². The molecule has 6 heteroatoms. The number of aryl methyl sites for hydroxylation is 1. The van der Waals surface area contributed by atoms with Crippen molar-refractivity contribution in [1.29, 1.82) is 0 Å². The first-order valence-electron chi connectivity index (χ1n) is 8.83. The van der Waals surface area contributed by atoms with Crippen molar-refractivity contribution in [1.82, 2.24) is 4.90 Å². The van der Waals surface area contributed by atoms with Crippen LogP contribution in [0.15, 0.2) is 53.5 Å². The van der Waals surface area contributed by atoms with Gasteiger partial charge in [0.25, 0.3) is 0 Å². The minimum atomic E-state index is -0.658. The van der Waals surface area contributed by atoms with Gasteiger partial charge in [-0.25, -0.2) is 4.39 Å². The molecule has 0 aliphatic carbocycles. The molecule has 5 nitrogen and oxygen atoms in total. The third-order valence-corrected chi connectivity index (χ3v) is 4.65. The maximum Gasteiger partial charge on any atom is 0.191 e. The second-order valence-electron chi connectivity index (χ2n) is 6.58. The molecule has 1 heterocycles. The third-order valence-electron chi connectivity index (χ3n) is 4.65. The summed E-state index contributed by atoms with van der Waals surface area (Å²) in [5.74, 6) is 0.228. The van der Waals surface area contributed by atoms with Gasteiger partial charge >= 0.3 is 0 Å². The summed E-state index contributed by atoms with van der Waals surface area (Å²) < 4.78 is 13.0. The van der Waals surface area contributed by atoms with Gasteiger partial charge in [-0.15, -0.1) is 0 Å². The van der Waals surface area contributed by atoms with Crippen molar-refractivity contribution in [3.05, 3.63) is 65.5 Å². The molecule has 3 rings (SSSR count). The average molecular weight is 356 g/mol. The summed E-state index contributed by atoms with van der Waals surface area (Å²) >= 11 is 0. The lowest BCUT2D eigenvalue weighted by atomic mass is 10.1. The molecule has 138 valence electrons. The van der Waals surface area contributed by atoms with Gasteiger partial charge in [-0.2, -0.15) is 0 Å². The molecular formula is C20H25FN4O. The molecule has 1 saturated heterocycles. The van der Waals surface area contributed by atoms with Gasteiger partial charge in [0.15, 0.2) is 5.96 Å². The van der Waals surface area contributed by atoms with Crippen LogP contribution in [0.5, 0.6) is 0 Å². The number of aliphatic hydroxyl groups excluding tert-OH is 1. The van der Waals surface area contributed by atoms with Crippen LogP contribution >= 0.6 is 0 Å². The van der Waals surface area contributed by atoms with Crippen LogP contribution in [0.1, 0.15) is 17.2 Å². The van der Waals surface area contributed by atoms with Gasteiger partial charge in [0.1, 0.15) is 5.82 Å². The number of aliphatic hydroxyl groups is 1. The molecule has 1 fully saturated rings. The molecule has 0 saturated carbocycles. The molecule has 0 amide bonds. The Kier molecular flexibility index (Phi) is 5.73. The predicted molar refractivity (Wildman–Crippen MR) is 103 cm³/mol. The van der Waals surface area contributed by atoms with Crippen molar-refractivity contribution >= 4 is 11.6 Å². The summed E-state index contributed by atoms with van der Waals surface area (Å²) in [5.41, 5.74) is 9.07. The first-order chi connectivity index (χ1) is 12.5. The van der Waals surface area contributed by atoms with Crippen molar-refractivity contribution < 1.29 is 9.50 Å². The number of nitrogens with zero attached hydrogens (tertiary/aromatic N) is 3. The number of guanidine groups is 1. The number of anilines is 1. The lowest BCUT2D eigenvalue weighted by Gasteiger charge is -2.36. The van der Waals surface area contributed by atoms with Crippen LogP contribution in [0.25, 0.3) is 0 Å². The van der Waals surface area contributed by atoms with E-state index in [-0.39, 0.29) is 12.4 Å². The van der Waals surface area contributed by atoms with E-state index in [1.165, 1.54) is 12.1 Å². The van der Waals surface area contributed by atoms with Gasteiger partial charge in [0, 0.05) is 31.9 Å². The van der Waals surface area contributed by atoms with Crippen molar-refractivity contribution in [2.75, 3.05) is 37.6 Å². The Morgan fingerprint density at radius 3 is 2.50 bits per heavy atom. The molecule has 1 aliphatic rings. The first kappa shape index (κ1) is 18.2. The molecule has 1 atom stereocenters. The van der Waals surface area contributed by atoms with E-state index < -0.39 is 6.10 Å². The van der Waals surface area contributed by atoms with Crippen LogP contribution in [0.3, 0.4) is 0 Å². The lowest BCUT2D eigenvalue weighted by Crippen LogP contribution is -2.51. The third kappa shape index (κ3) is 4.52. The summed E-state index contributed by atoms with van der Waals surface area (Å²) in [4.78, 5) is 8.58. The fourth-order valence-electron chi connectivity index (χ4n) is 3.11. The molecule has 1 unspecified atom stereocenters. The maximum absolute atomic E-state index is 13.0. The summed E-state index contributed by atoms with van der Waals surface area (Å²) in [5, 5.41) is 10.3. The summed E-state index contributed by atoms with van der Waals surface area (Å²) in [6, 6.07) is 14.3. The van der Waals surface area contributed by atoms with Gasteiger partial charge in [-0.05, 0) is 36.8 Å². The van der Waals surface area contributed by atoms with Crippen LogP contribution in [0.4, 0.5) is 10.1 Å². The summed E-state index contributed by atoms with van der Waals surface area (Å²) in [6.07, 6.45) is -0.658. The highest BCUT2D eigenvalue weighted by Gasteiger charge is 2.19. The normalized spacial score (nSPS) is 16.7. The minimum absolute atomic E-state index is 0.226. The SMILES string of the molecule is Cc1cccc(C(O)CN=C(N)N2CCN(c3ccc(F)cc3)CC2)c1. The van der Waals surface area contributed by atoms with E-state index in [0.29, 0.717) is 5.96 Å². The molecule has 0 spiro atoms. The molecule has 3 N–H and O–H groups in total. The number of nitrogens with two attached hydrogens (primary N) is 1. The monoisotopic (exact) mass is 356 g/mol. The zero-order chi connectivity index (χ0) is 18.5. The van der Waals surface area contributed by atoms with E-state index in [1.54, 1.807) is 12.1 Å². The summed E-state index contributed by atoms with van der Waals surface area (Å²) in [7, 11) is 0.